The Bertz CT molecular complexity index is 1100. The molecule has 0 radical (unpaired) electrons. The molecule has 0 N–H and O–H groups in total. The van der Waals surface area contributed by atoms with Gasteiger partial charge < -0.3 is 9.32 Å². The molecule has 1 fully saturated rings. The quantitative estimate of drug-likeness (QED) is 0.391. The molecule has 27 heavy (non-hydrogen) atoms. The average molecular weight is 530 g/mol. The van der Waals surface area contributed by atoms with Crippen molar-refractivity contribution in [1.82, 2.24) is 4.90 Å². The number of halogens is 3. The largest absolute Gasteiger partial charge is 0.421 e. The van der Waals surface area contributed by atoms with Crippen LogP contribution in [0.2, 0.25) is 5.02 Å². The third-order valence-corrected chi connectivity index (χ3v) is 6.85. The van der Waals surface area contributed by atoms with Gasteiger partial charge in [0.25, 0.3) is 5.91 Å². The molecule has 1 atom stereocenters. The van der Waals surface area contributed by atoms with E-state index in [-0.39, 0.29) is 16.8 Å². The van der Waals surface area contributed by atoms with Crippen LogP contribution >= 0.6 is 55.2 Å². The summed E-state index contributed by atoms with van der Waals surface area (Å²) < 4.78 is 6.90. The van der Waals surface area contributed by atoms with Gasteiger partial charge in [-0.1, -0.05) is 39.7 Å². The number of carbonyl (C=O) groups excluding carboxylic acids is 1. The minimum atomic E-state index is -0.637. The van der Waals surface area contributed by atoms with Crippen molar-refractivity contribution in [2.24, 2.45) is 0 Å². The maximum atomic E-state index is 13.1. The number of benzene rings is 2. The molecule has 2 aromatic carbocycles. The molecule has 1 aliphatic rings. The molecule has 8 heteroatoms. The van der Waals surface area contributed by atoms with Gasteiger partial charge >= 0.3 is 5.63 Å². The summed E-state index contributed by atoms with van der Waals surface area (Å²) in [4.78, 5) is 27.3. The summed E-state index contributed by atoms with van der Waals surface area (Å²) >= 11 is 14.4. The lowest BCUT2D eigenvalue weighted by atomic mass is 10.1. The van der Waals surface area contributed by atoms with Crippen LogP contribution < -0.4 is 5.63 Å². The Morgan fingerprint density at radius 1 is 1.19 bits per heavy atom. The van der Waals surface area contributed by atoms with E-state index in [1.165, 1.54) is 0 Å². The van der Waals surface area contributed by atoms with Gasteiger partial charge in [0.15, 0.2) is 5.58 Å². The molecule has 1 saturated heterocycles. The highest BCUT2D eigenvalue weighted by atomic mass is 79.9. The fraction of sp³-hybridized carbons (Fsp3) is 0.158. The lowest BCUT2D eigenvalue weighted by Gasteiger charge is -2.24. The molecule has 1 amide bonds. The van der Waals surface area contributed by atoms with Crippen molar-refractivity contribution in [2.75, 3.05) is 12.3 Å². The molecule has 0 aliphatic carbocycles. The molecular formula is C19H12Br2ClNO3S. The van der Waals surface area contributed by atoms with Crippen LogP contribution in [0.4, 0.5) is 0 Å². The van der Waals surface area contributed by atoms with Crippen LogP contribution in [0.15, 0.2) is 60.6 Å². The minimum Gasteiger partial charge on any atom is -0.421 e. The van der Waals surface area contributed by atoms with Crippen LogP contribution in [-0.4, -0.2) is 23.1 Å². The predicted molar refractivity (Wildman–Crippen MR) is 116 cm³/mol. The average Bonchev–Trinajstić information content (AvgIpc) is 3.11. The normalized spacial score (nSPS) is 16.9. The fourth-order valence-corrected chi connectivity index (χ4v) is 5.76. The lowest BCUT2D eigenvalue weighted by Crippen LogP contribution is -2.33. The van der Waals surface area contributed by atoms with Gasteiger partial charge in [-0.3, -0.25) is 4.79 Å². The van der Waals surface area contributed by atoms with Gasteiger partial charge in [-0.05, 0) is 51.8 Å². The van der Waals surface area contributed by atoms with Crippen molar-refractivity contribution in [3.63, 3.8) is 0 Å². The Morgan fingerprint density at radius 2 is 1.93 bits per heavy atom. The number of carbonyl (C=O) groups is 1. The first-order valence-corrected chi connectivity index (χ1v) is 11.1. The van der Waals surface area contributed by atoms with Crippen molar-refractivity contribution in [1.29, 1.82) is 0 Å². The van der Waals surface area contributed by atoms with E-state index in [2.05, 4.69) is 31.9 Å². The highest BCUT2D eigenvalue weighted by Gasteiger charge is 2.33. The zero-order chi connectivity index (χ0) is 19.1. The maximum absolute atomic E-state index is 13.1. The van der Waals surface area contributed by atoms with E-state index < -0.39 is 5.63 Å². The Balaban J connectivity index is 1.74. The van der Waals surface area contributed by atoms with Crippen LogP contribution in [0.1, 0.15) is 21.3 Å². The molecular weight excluding hydrogens is 518 g/mol. The number of hydrogen-bond acceptors (Lipinski definition) is 4. The van der Waals surface area contributed by atoms with E-state index in [0.717, 1.165) is 15.8 Å². The van der Waals surface area contributed by atoms with Crippen LogP contribution in [0.5, 0.6) is 0 Å². The summed E-state index contributed by atoms with van der Waals surface area (Å²) in [5.41, 5.74) is 0.798. The molecule has 4 nitrogen and oxygen atoms in total. The fourth-order valence-electron chi connectivity index (χ4n) is 3.04. The number of amides is 1. The highest BCUT2D eigenvalue weighted by molar-refractivity contribution is 9.11. The lowest BCUT2D eigenvalue weighted by molar-refractivity contribution is 0.0756. The molecule has 4 rings (SSSR count). The second-order valence-electron chi connectivity index (χ2n) is 6.03. The summed E-state index contributed by atoms with van der Waals surface area (Å²) in [5.74, 6) is 0.474. The Kier molecular flexibility index (Phi) is 5.38. The molecule has 2 heterocycles. The van der Waals surface area contributed by atoms with Gasteiger partial charge in [0.2, 0.25) is 0 Å². The van der Waals surface area contributed by atoms with Gasteiger partial charge in [0.05, 0.1) is 4.47 Å². The van der Waals surface area contributed by atoms with Crippen molar-refractivity contribution < 1.29 is 9.21 Å². The molecule has 0 bridgehead atoms. The van der Waals surface area contributed by atoms with E-state index in [1.807, 2.05) is 18.2 Å². The molecule has 1 aromatic heterocycles. The van der Waals surface area contributed by atoms with Crippen molar-refractivity contribution >= 4 is 72.1 Å². The minimum absolute atomic E-state index is 0.0361. The molecule has 1 unspecified atom stereocenters. The first-order valence-electron chi connectivity index (χ1n) is 8.05. The highest BCUT2D eigenvalue weighted by Crippen LogP contribution is 2.39. The molecule has 0 saturated carbocycles. The first-order chi connectivity index (χ1) is 12.9. The molecule has 138 valence electrons. The maximum Gasteiger partial charge on any atom is 0.349 e. The van der Waals surface area contributed by atoms with E-state index in [9.17, 15) is 9.59 Å². The van der Waals surface area contributed by atoms with E-state index in [0.29, 0.717) is 27.0 Å². The van der Waals surface area contributed by atoms with E-state index in [4.69, 9.17) is 16.0 Å². The summed E-state index contributed by atoms with van der Waals surface area (Å²) in [7, 11) is 0. The molecule has 0 spiro atoms. The van der Waals surface area contributed by atoms with Gasteiger partial charge in [0, 0.05) is 27.2 Å². The second kappa shape index (κ2) is 7.62. The van der Waals surface area contributed by atoms with Gasteiger partial charge in [-0.25, -0.2) is 4.79 Å². The van der Waals surface area contributed by atoms with Crippen LogP contribution in [0, 0.1) is 0 Å². The first kappa shape index (κ1) is 19.1. The number of nitrogens with zero attached hydrogens (tertiary/aromatic N) is 1. The van der Waals surface area contributed by atoms with Crippen LogP contribution in [-0.2, 0) is 0 Å². The Labute approximate surface area is 181 Å². The van der Waals surface area contributed by atoms with Gasteiger partial charge in [-0.2, -0.15) is 0 Å². The SMILES string of the molecule is O=C(c1cc2cc(Br)cc(Br)c2oc1=O)N1CCSC1c1ccc(Cl)cc1. The van der Waals surface area contributed by atoms with Crippen molar-refractivity contribution in [3.8, 4) is 0 Å². The smallest absolute Gasteiger partial charge is 0.349 e. The topological polar surface area (TPSA) is 50.5 Å². The van der Waals surface area contributed by atoms with Gasteiger partial charge in [-0.15, -0.1) is 11.8 Å². The van der Waals surface area contributed by atoms with Gasteiger partial charge in [0.1, 0.15) is 10.9 Å². The number of fused-ring (bicyclic) bond motifs is 1. The number of hydrogen-bond donors (Lipinski definition) is 0. The monoisotopic (exact) mass is 527 g/mol. The number of rotatable bonds is 2. The zero-order valence-corrected chi connectivity index (χ0v) is 18.5. The van der Waals surface area contributed by atoms with E-state index >= 15 is 0 Å². The summed E-state index contributed by atoms with van der Waals surface area (Å²) in [6.07, 6.45) is 0. The standard InChI is InChI=1S/C19H12Br2ClNO3S/c20-12-7-11-8-14(19(25)26-16(11)15(21)9-12)17(24)23-5-6-27-18(23)10-1-3-13(22)4-2-10/h1-4,7-9,18H,5-6H2. The second-order valence-corrected chi connectivity index (χ2v) is 9.42. The third-order valence-electron chi connectivity index (χ3n) is 4.29. The van der Waals surface area contributed by atoms with Crippen LogP contribution in [0.3, 0.4) is 0 Å². The summed E-state index contributed by atoms with van der Waals surface area (Å²) in [6.45, 7) is 0.566. The zero-order valence-electron chi connectivity index (χ0n) is 13.7. The van der Waals surface area contributed by atoms with Crippen molar-refractivity contribution in [2.45, 2.75) is 5.37 Å². The summed E-state index contributed by atoms with van der Waals surface area (Å²) in [6, 6.07) is 12.6. The number of thioether (sulfide) groups is 1. The molecule has 3 aromatic rings. The third kappa shape index (κ3) is 3.70. The Morgan fingerprint density at radius 3 is 2.67 bits per heavy atom. The summed E-state index contributed by atoms with van der Waals surface area (Å²) in [5, 5.41) is 1.17. The van der Waals surface area contributed by atoms with E-state index in [1.54, 1.807) is 40.9 Å². The van der Waals surface area contributed by atoms with Crippen LogP contribution in [0.25, 0.3) is 11.0 Å². The predicted octanol–water partition coefficient (Wildman–Crippen LogP) is 5.86. The van der Waals surface area contributed by atoms with Crippen molar-refractivity contribution in [3.05, 3.63) is 78.0 Å². The molecule has 1 aliphatic heterocycles. The Hall–Kier alpha value is -1.28.